The van der Waals surface area contributed by atoms with Crippen molar-refractivity contribution in [2.75, 3.05) is 26.0 Å². The quantitative estimate of drug-likeness (QED) is 0.659. The van der Waals surface area contributed by atoms with Gasteiger partial charge in [0.05, 0.1) is 5.71 Å². The van der Waals surface area contributed by atoms with Crippen LogP contribution in [-0.2, 0) is 9.53 Å². The third-order valence-corrected chi connectivity index (χ3v) is 3.39. The van der Waals surface area contributed by atoms with Crippen molar-refractivity contribution >= 4 is 17.3 Å². The van der Waals surface area contributed by atoms with Gasteiger partial charge in [-0.25, -0.2) is 5.01 Å². The number of hydrogen-bond acceptors (Lipinski definition) is 4. The first-order chi connectivity index (χ1) is 9.61. The first kappa shape index (κ1) is 14.5. The van der Waals surface area contributed by atoms with E-state index in [1.54, 1.807) is 12.1 Å². The summed E-state index contributed by atoms with van der Waals surface area (Å²) in [6.07, 6.45) is 1.28. The van der Waals surface area contributed by atoms with E-state index >= 15 is 0 Å². The minimum absolute atomic E-state index is 0.0767. The van der Waals surface area contributed by atoms with Crippen molar-refractivity contribution in [2.45, 2.75) is 19.8 Å². The predicted octanol–water partition coefficient (Wildman–Crippen LogP) is 1.88. The summed E-state index contributed by atoms with van der Waals surface area (Å²) in [6, 6.07) is 7.62. The van der Waals surface area contributed by atoms with E-state index in [1.165, 1.54) is 0 Å². The van der Waals surface area contributed by atoms with E-state index in [-0.39, 0.29) is 11.8 Å². The lowest BCUT2D eigenvalue weighted by atomic mass is 9.93. The average molecular weight is 275 g/mol. The zero-order chi connectivity index (χ0) is 14.5. The fourth-order valence-electron chi connectivity index (χ4n) is 2.28. The predicted molar refractivity (Wildman–Crippen MR) is 79.4 cm³/mol. The number of methoxy groups -OCH3 is 1. The van der Waals surface area contributed by atoms with E-state index in [0.29, 0.717) is 19.6 Å². The van der Waals surface area contributed by atoms with Crippen LogP contribution in [0.1, 0.15) is 25.3 Å². The molecule has 1 aliphatic heterocycles. The molecule has 108 valence electrons. The number of nitrogens with zero attached hydrogens (tertiary/aromatic N) is 2. The molecular formula is C15H21N3O2. The third-order valence-electron chi connectivity index (χ3n) is 3.39. The second kappa shape index (κ2) is 6.52. The number of benzene rings is 1. The first-order valence-corrected chi connectivity index (χ1v) is 6.85. The molecule has 0 aromatic heterocycles. The van der Waals surface area contributed by atoms with Gasteiger partial charge in [0, 0.05) is 38.3 Å². The Bertz CT molecular complexity index is 496. The Kier molecular flexibility index (Phi) is 4.74. The first-order valence-electron chi connectivity index (χ1n) is 6.85. The van der Waals surface area contributed by atoms with Crippen LogP contribution < -0.4 is 5.73 Å². The molecular weight excluding hydrogens is 254 g/mol. The second-order valence-corrected chi connectivity index (χ2v) is 5.08. The smallest absolute Gasteiger partial charge is 0.243 e. The Morgan fingerprint density at radius 3 is 2.75 bits per heavy atom. The largest absolute Gasteiger partial charge is 0.399 e. The molecule has 0 radical (unpaired) electrons. The van der Waals surface area contributed by atoms with Crippen LogP contribution in [0.25, 0.3) is 0 Å². The molecule has 0 saturated carbocycles. The zero-order valence-electron chi connectivity index (χ0n) is 12.0. The normalized spacial score (nSPS) is 19.1. The minimum Gasteiger partial charge on any atom is -0.399 e. The van der Waals surface area contributed by atoms with Crippen molar-refractivity contribution in [1.29, 1.82) is 0 Å². The molecule has 0 bridgehead atoms. The molecule has 1 aromatic rings. The fourth-order valence-corrected chi connectivity index (χ4v) is 2.28. The number of nitrogens with two attached hydrogens (primary N) is 1. The molecule has 1 aliphatic rings. The van der Waals surface area contributed by atoms with E-state index < -0.39 is 0 Å². The molecule has 0 saturated heterocycles. The van der Waals surface area contributed by atoms with Crippen LogP contribution in [0.3, 0.4) is 0 Å². The average Bonchev–Trinajstić information content (AvgIpc) is 2.43. The van der Waals surface area contributed by atoms with Crippen LogP contribution in [0.15, 0.2) is 29.4 Å². The Morgan fingerprint density at radius 2 is 2.10 bits per heavy atom. The third kappa shape index (κ3) is 3.36. The molecule has 2 N–H and O–H groups in total. The van der Waals surface area contributed by atoms with Gasteiger partial charge in [-0.2, -0.15) is 5.10 Å². The summed E-state index contributed by atoms with van der Waals surface area (Å²) in [5, 5.41) is 6.08. The number of hydrazone groups is 1. The number of carbonyl (C=O) groups excluding carboxylic acids is 1. The van der Waals surface area contributed by atoms with Gasteiger partial charge in [0.2, 0.25) is 5.91 Å². The van der Waals surface area contributed by atoms with Crippen LogP contribution >= 0.6 is 0 Å². The SMILES string of the molecule is COCCCN1N=C(c2ccc(N)cc2)C(C)CC1=O. The Balaban J connectivity index is 2.18. The van der Waals surface area contributed by atoms with Crippen LogP contribution in [-0.4, -0.2) is 36.9 Å². The molecule has 1 atom stereocenters. The highest BCUT2D eigenvalue weighted by Crippen LogP contribution is 2.21. The van der Waals surface area contributed by atoms with Crippen molar-refractivity contribution in [3.8, 4) is 0 Å². The van der Waals surface area contributed by atoms with Crippen LogP contribution in [0, 0.1) is 5.92 Å². The summed E-state index contributed by atoms with van der Waals surface area (Å²) in [7, 11) is 1.66. The molecule has 1 heterocycles. The van der Waals surface area contributed by atoms with Gasteiger partial charge in [-0.1, -0.05) is 19.1 Å². The molecule has 1 unspecified atom stereocenters. The second-order valence-electron chi connectivity index (χ2n) is 5.08. The van der Waals surface area contributed by atoms with Gasteiger partial charge < -0.3 is 10.5 Å². The Morgan fingerprint density at radius 1 is 1.40 bits per heavy atom. The van der Waals surface area contributed by atoms with E-state index in [9.17, 15) is 4.79 Å². The molecule has 20 heavy (non-hydrogen) atoms. The lowest BCUT2D eigenvalue weighted by molar-refractivity contribution is -0.132. The molecule has 0 aliphatic carbocycles. The summed E-state index contributed by atoms with van der Waals surface area (Å²) in [6.45, 7) is 3.25. The maximum Gasteiger partial charge on any atom is 0.243 e. The lowest BCUT2D eigenvalue weighted by Gasteiger charge is -2.27. The van der Waals surface area contributed by atoms with E-state index in [0.717, 1.165) is 23.4 Å². The highest BCUT2D eigenvalue weighted by Gasteiger charge is 2.26. The summed E-state index contributed by atoms with van der Waals surface area (Å²) in [5.41, 5.74) is 8.40. The van der Waals surface area contributed by atoms with E-state index in [2.05, 4.69) is 5.10 Å². The monoisotopic (exact) mass is 275 g/mol. The van der Waals surface area contributed by atoms with Gasteiger partial charge in [-0.15, -0.1) is 0 Å². The lowest BCUT2D eigenvalue weighted by Crippen LogP contribution is -2.37. The number of carbonyl (C=O) groups is 1. The van der Waals surface area contributed by atoms with Gasteiger partial charge in [0.15, 0.2) is 0 Å². The maximum atomic E-state index is 12.0. The zero-order valence-corrected chi connectivity index (χ0v) is 12.0. The highest BCUT2D eigenvalue weighted by atomic mass is 16.5. The molecule has 1 aromatic carbocycles. The van der Waals surface area contributed by atoms with Crippen LogP contribution in [0.4, 0.5) is 5.69 Å². The summed E-state index contributed by atoms with van der Waals surface area (Å²) < 4.78 is 5.01. The fraction of sp³-hybridized carbons (Fsp3) is 0.467. The number of anilines is 1. The molecule has 2 rings (SSSR count). The minimum atomic E-state index is 0.0767. The van der Waals surface area contributed by atoms with Crippen LogP contribution in [0.5, 0.6) is 0 Å². The number of amides is 1. The van der Waals surface area contributed by atoms with Crippen molar-refractivity contribution in [3.63, 3.8) is 0 Å². The number of nitrogen functional groups attached to an aromatic ring is 1. The van der Waals surface area contributed by atoms with Crippen molar-refractivity contribution in [1.82, 2.24) is 5.01 Å². The molecule has 0 spiro atoms. The van der Waals surface area contributed by atoms with Crippen molar-refractivity contribution in [3.05, 3.63) is 29.8 Å². The Hall–Kier alpha value is -1.88. The van der Waals surface area contributed by atoms with Gasteiger partial charge >= 0.3 is 0 Å². The van der Waals surface area contributed by atoms with Gasteiger partial charge in [0.1, 0.15) is 0 Å². The number of ether oxygens (including phenoxy) is 1. The summed E-state index contributed by atoms with van der Waals surface area (Å²) in [5.74, 6) is 0.206. The number of rotatable bonds is 5. The Labute approximate surface area is 119 Å². The summed E-state index contributed by atoms with van der Waals surface area (Å²) >= 11 is 0. The maximum absolute atomic E-state index is 12.0. The molecule has 5 heteroatoms. The number of hydrogen-bond donors (Lipinski definition) is 1. The summed E-state index contributed by atoms with van der Waals surface area (Å²) in [4.78, 5) is 12.0. The molecule has 0 fully saturated rings. The van der Waals surface area contributed by atoms with E-state index in [1.807, 2.05) is 31.2 Å². The van der Waals surface area contributed by atoms with E-state index in [4.69, 9.17) is 10.5 Å². The molecule has 5 nitrogen and oxygen atoms in total. The highest BCUT2D eigenvalue weighted by molar-refractivity contribution is 6.05. The van der Waals surface area contributed by atoms with Crippen molar-refractivity contribution < 1.29 is 9.53 Å². The topological polar surface area (TPSA) is 67.9 Å². The molecule has 1 amide bonds. The van der Waals surface area contributed by atoms with Crippen molar-refractivity contribution in [2.24, 2.45) is 11.0 Å². The van der Waals surface area contributed by atoms with Gasteiger partial charge in [-0.3, -0.25) is 4.79 Å². The van der Waals surface area contributed by atoms with Crippen LogP contribution in [0.2, 0.25) is 0 Å². The van der Waals surface area contributed by atoms with Gasteiger partial charge in [0.25, 0.3) is 0 Å². The standard InChI is InChI=1S/C15H21N3O2/c1-11-10-14(19)18(8-3-9-20-2)17-15(11)12-4-6-13(16)7-5-12/h4-7,11H,3,8-10,16H2,1-2H3. The van der Waals surface area contributed by atoms with Gasteiger partial charge in [-0.05, 0) is 24.1 Å².